The minimum Gasteiger partial charge on any atom is -0.378 e. The molecule has 1 aromatic rings. The quantitative estimate of drug-likeness (QED) is 0.817. The molecule has 0 spiro atoms. The molecular formula is C17H20FN3O4. The van der Waals surface area contributed by atoms with Crippen LogP contribution in [0.25, 0.3) is 0 Å². The Hall–Kier alpha value is -2.48. The molecule has 0 radical (unpaired) electrons. The first-order valence-corrected chi connectivity index (χ1v) is 8.23. The van der Waals surface area contributed by atoms with Crippen LogP contribution in [0.5, 0.6) is 0 Å². The van der Waals surface area contributed by atoms with Crippen LogP contribution in [0.3, 0.4) is 0 Å². The van der Waals surface area contributed by atoms with Crippen LogP contribution in [0, 0.1) is 5.82 Å². The number of carbonyl (C=O) groups is 3. The van der Waals surface area contributed by atoms with Gasteiger partial charge in [0.25, 0.3) is 5.91 Å². The van der Waals surface area contributed by atoms with E-state index in [4.69, 9.17) is 4.74 Å². The average molecular weight is 349 g/mol. The first kappa shape index (κ1) is 17.3. The topological polar surface area (TPSA) is 79.0 Å². The molecule has 0 aliphatic carbocycles. The van der Waals surface area contributed by atoms with Gasteiger partial charge in [-0.15, -0.1) is 0 Å². The van der Waals surface area contributed by atoms with Crippen molar-refractivity contribution >= 4 is 17.8 Å². The highest BCUT2D eigenvalue weighted by Gasteiger charge is 2.51. The summed E-state index contributed by atoms with van der Waals surface area (Å²) in [6.45, 7) is 3.22. The summed E-state index contributed by atoms with van der Waals surface area (Å²) in [6.07, 6.45) is 0.297. The van der Waals surface area contributed by atoms with Crippen molar-refractivity contribution in [3.05, 3.63) is 35.6 Å². The molecule has 0 saturated carbocycles. The summed E-state index contributed by atoms with van der Waals surface area (Å²) in [4.78, 5) is 40.2. The highest BCUT2D eigenvalue weighted by molar-refractivity contribution is 6.09. The third-order valence-corrected chi connectivity index (χ3v) is 4.70. The fraction of sp³-hybridized carbons (Fsp3) is 0.471. The fourth-order valence-corrected chi connectivity index (χ4v) is 3.19. The Morgan fingerprint density at radius 2 is 1.88 bits per heavy atom. The zero-order valence-corrected chi connectivity index (χ0v) is 14.0. The Kier molecular flexibility index (Phi) is 4.71. The van der Waals surface area contributed by atoms with Crippen molar-refractivity contribution in [3.63, 3.8) is 0 Å². The van der Waals surface area contributed by atoms with Crippen LogP contribution < -0.4 is 5.32 Å². The largest absolute Gasteiger partial charge is 0.378 e. The van der Waals surface area contributed by atoms with E-state index in [0.29, 0.717) is 38.3 Å². The molecule has 25 heavy (non-hydrogen) atoms. The van der Waals surface area contributed by atoms with Gasteiger partial charge in [-0.05, 0) is 24.1 Å². The maximum absolute atomic E-state index is 13.2. The smallest absolute Gasteiger partial charge is 0.325 e. The second-order valence-corrected chi connectivity index (χ2v) is 6.08. The van der Waals surface area contributed by atoms with E-state index in [1.54, 1.807) is 11.8 Å². The van der Waals surface area contributed by atoms with E-state index in [1.165, 1.54) is 24.3 Å². The van der Waals surface area contributed by atoms with E-state index in [1.807, 2.05) is 0 Å². The minimum absolute atomic E-state index is 0.294. The van der Waals surface area contributed by atoms with E-state index in [-0.39, 0.29) is 12.5 Å². The number of imide groups is 1. The number of benzene rings is 1. The highest BCUT2D eigenvalue weighted by atomic mass is 19.1. The number of ether oxygens (including phenoxy) is 1. The SMILES string of the molecule is CC[C@@]1(c2ccc(F)cc2)NC(=O)N(CC(=O)N2CCOCC2)C1=O. The van der Waals surface area contributed by atoms with Gasteiger partial charge in [0.1, 0.15) is 17.9 Å². The Morgan fingerprint density at radius 1 is 1.24 bits per heavy atom. The number of hydrogen-bond donors (Lipinski definition) is 1. The lowest BCUT2D eigenvalue weighted by molar-refractivity contribution is -0.141. The van der Waals surface area contributed by atoms with Crippen LogP contribution in [0.4, 0.5) is 9.18 Å². The third kappa shape index (κ3) is 3.09. The van der Waals surface area contributed by atoms with Gasteiger partial charge < -0.3 is 15.0 Å². The van der Waals surface area contributed by atoms with Gasteiger partial charge in [0.15, 0.2) is 0 Å². The monoisotopic (exact) mass is 349 g/mol. The summed E-state index contributed by atoms with van der Waals surface area (Å²) in [5.74, 6) is -1.21. The van der Waals surface area contributed by atoms with E-state index in [9.17, 15) is 18.8 Å². The number of nitrogens with zero attached hydrogens (tertiary/aromatic N) is 2. The molecule has 2 fully saturated rings. The molecule has 2 aliphatic rings. The third-order valence-electron chi connectivity index (χ3n) is 4.70. The predicted octanol–water partition coefficient (Wildman–Crippen LogP) is 0.842. The summed E-state index contributed by atoms with van der Waals surface area (Å²) in [5.41, 5.74) is -0.771. The first-order valence-electron chi connectivity index (χ1n) is 8.23. The van der Waals surface area contributed by atoms with Gasteiger partial charge in [-0.2, -0.15) is 0 Å². The molecule has 3 rings (SSSR count). The maximum atomic E-state index is 13.2. The molecule has 4 amide bonds. The van der Waals surface area contributed by atoms with Crippen molar-refractivity contribution in [2.75, 3.05) is 32.8 Å². The summed E-state index contributed by atoms with van der Waals surface area (Å²) < 4.78 is 18.4. The number of urea groups is 1. The lowest BCUT2D eigenvalue weighted by Crippen LogP contribution is -2.48. The van der Waals surface area contributed by atoms with Gasteiger partial charge in [-0.25, -0.2) is 9.18 Å². The zero-order valence-electron chi connectivity index (χ0n) is 14.0. The number of amides is 4. The van der Waals surface area contributed by atoms with Gasteiger partial charge in [0.05, 0.1) is 13.2 Å². The Labute approximate surface area is 144 Å². The lowest BCUT2D eigenvalue weighted by Gasteiger charge is -2.29. The molecule has 2 aliphatic heterocycles. The summed E-state index contributed by atoms with van der Waals surface area (Å²) in [5, 5.41) is 2.68. The van der Waals surface area contributed by atoms with Crippen molar-refractivity contribution in [1.29, 1.82) is 0 Å². The molecule has 1 aromatic carbocycles. The number of carbonyl (C=O) groups excluding carboxylic acids is 3. The summed E-state index contributed by atoms with van der Waals surface area (Å²) in [6, 6.07) is 4.83. The van der Waals surface area contributed by atoms with Crippen molar-refractivity contribution in [2.24, 2.45) is 0 Å². The molecule has 7 nitrogen and oxygen atoms in total. The molecule has 1 N–H and O–H groups in total. The molecule has 0 bridgehead atoms. The number of morpholine rings is 1. The van der Waals surface area contributed by atoms with Crippen LogP contribution in [0.2, 0.25) is 0 Å². The van der Waals surface area contributed by atoms with Crippen molar-refractivity contribution < 1.29 is 23.5 Å². The van der Waals surface area contributed by atoms with Crippen LogP contribution in [0.15, 0.2) is 24.3 Å². The maximum Gasteiger partial charge on any atom is 0.325 e. The van der Waals surface area contributed by atoms with Crippen LogP contribution in [-0.4, -0.2) is 60.5 Å². The molecule has 0 unspecified atom stereocenters. The van der Waals surface area contributed by atoms with E-state index in [2.05, 4.69) is 5.32 Å². The number of halogens is 1. The second-order valence-electron chi connectivity index (χ2n) is 6.08. The molecule has 1 atom stereocenters. The first-order chi connectivity index (χ1) is 12.0. The van der Waals surface area contributed by atoms with Crippen molar-refractivity contribution in [3.8, 4) is 0 Å². The highest BCUT2D eigenvalue weighted by Crippen LogP contribution is 2.32. The van der Waals surface area contributed by atoms with E-state index in [0.717, 1.165) is 4.90 Å². The fourth-order valence-electron chi connectivity index (χ4n) is 3.19. The molecular weight excluding hydrogens is 329 g/mol. The Morgan fingerprint density at radius 3 is 2.48 bits per heavy atom. The van der Waals surface area contributed by atoms with Gasteiger partial charge >= 0.3 is 6.03 Å². The normalized spacial score (nSPS) is 23.8. The summed E-state index contributed by atoms with van der Waals surface area (Å²) >= 11 is 0. The van der Waals surface area contributed by atoms with Gasteiger partial charge in [-0.1, -0.05) is 19.1 Å². The molecule has 2 heterocycles. The van der Waals surface area contributed by atoms with Crippen LogP contribution >= 0.6 is 0 Å². The van der Waals surface area contributed by atoms with Gasteiger partial charge in [0.2, 0.25) is 5.91 Å². The molecule has 0 aromatic heterocycles. The average Bonchev–Trinajstić information content (AvgIpc) is 2.88. The van der Waals surface area contributed by atoms with Crippen LogP contribution in [0.1, 0.15) is 18.9 Å². The summed E-state index contributed by atoms with van der Waals surface area (Å²) in [7, 11) is 0. The number of rotatable bonds is 4. The van der Waals surface area contributed by atoms with E-state index >= 15 is 0 Å². The Bertz CT molecular complexity index is 688. The molecule has 8 heteroatoms. The standard InChI is InChI=1S/C17H20FN3O4/c1-2-17(12-3-5-13(18)6-4-12)15(23)21(16(24)19-17)11-14(22)20-7-9-25-10-8-20/h3-6H,2,7-11H2,1H3,(H,19,24)/t17-/m0/s1. The van der Waals surface area contributed by atoms with E-state index < -0.39 is 23.3 Å². The lowest BCUT2D eigenvalue weighted by atomic mass is 9.87. The predicted molar refractivity (Wildman–Crippen MR) is 86.0 cm³/mol. The van der Waals surface area contributed by atoms with Crippen molar-refractivity contribution in [2.45, 2.75) is 18.9 Å². The van der Waals surface area contributed by atoms with Crippen molar-refractivity contribution in [1.82, 2.24) is 15.1 Å². The Balaban J connectivity index is 1.80. The number of nitrogens with one attached hydrogen (secondary N) is 1. The molecule has 134 valence electrons. The van der Waals surface area contributed by atoms with Crippen LogP contribution in [-0.2, 0) is 19.9 Å². The van der Waals surface area contributed by atoms with Gasteiger partial charge in [-0.3, -0.25) is 14.5 Å². The minimum atomic E-state index is -1.27. The molecule has 2 saturated heterocycles. The number of hydrogen-bond acceptors (Lipinski definition) is 4. The zero-order chi connectivity index (χ0) is 18.0. The van der Waals surface area contributed by atoms with Gasteiger partial charge in [0, 0.05) is 13.1 Å². The second kappa shape index (κ2) is 6.79.